The number of anilines is 1. The molecule has 0 aliphatic heterocycles. The molecule has 1 N–H and O–H groups in total. The molecule has 1 fully saturated rings. The summed E-state index contributed by atoms with van der Waals surface area (Å²) in [4.78, 5) is 4.30. The van der Waals surface area contributed by atoms with Crippen molar-refractivity contribution in [1.82, 2.24) is 24.8 Å². The first kappa shape index (κ1) is 13.5. The van der Waals surface area contributed by atoms with E-state index < -0.39 is 0 Å². The lowest BCUT2D eigenvalue weighted by Gasteiger charge is -2.22. The van der Waals surface area contributed by atoms with Gasteiger partial charge in [0.05, 0.1) is 17.9 Å². The minimum Gasteiger partial charge on any atom is -0.376 e. The number of rotatable bonds is 4. The van der Waals surface area contributed by atoms with E-state index in [4.69, 9.17) is 11.6 Å². The van der Waals surface area contributed by atoms with Gasteiger partial charge in [0.1, 0.15) is 0 Å². The van der Waals surface area contributed by atoms with Crippen LogP contribution in [0.25, 0.3) is 5.65 Å². The lowest BCUT2D eigenvalue weighted by atomic mass is 9.85. The maximum atomic E-state index is 6.16. The van der Waals surface area contributed by atoms with Crippen LogP contribution in [0.2, 0.25) is 5.15 Å². The van der Waals surface area contributed by atoms with Gasteiger partial charge in [0.25, 0.3) is 0 Å². The van der Waals surface area contributed by atoms with Gasteiger partial charge in [0.15, 0.2) is 11.0 Å². The second kappa shape index (κ2) is 5.53. The highest BCUT2D eigenvalue weighted by Crippen LogP contribution is 2.35. The summed E-state index contributed by atoms with van der Waals surface area (Å²) in [7, 11) is 0. The van der Waals surface area contributed by atoms with Crippen molar-refractivity contribution in [2.45, 2.75) is 31.7 Å². The van der Waals surface area contributed by atoms with Crippen LogP contribution >= 0.6 is 11.6 Å². The molecule has 3 aromatic rings. The third-order valence-corrected chi connectivity index (χ3v) is 4.21. The van der Waals surface area contributed by atoms with Crippen LogP contribution in [0.5, 0.6) is 0 Å². The van der Waals surface area contributed by atoms with Gasteiger partial charge in [-0.15, -0.1) is 10.2 Å². The Balaban J connectivity index is 1.66. The van der Waals surface area contributed by atoms with Crippen molar-refractivity contribution in [2.24, 2.45) is 0 Å². The summed E-state index contributed by atoms with van der Waals surface area (Å²) < 4.78 is 1.77. The quantitative estimate of drug-likeness (QED) is 0.801. The number of fused-ring (bicyclic) bond motifs is 1. The van der Waals surface area contributed by atoms with Crippen LogP contribution in [0.4, 0.5) is 5.69 Å². The number of nitrogens with zero attached hydrogens (tertiary/aromatic N) is 5. The second-order valence-electron chi connectivity index (χ2n) is 5.48. The van der Waals surface area contributed by atoms with E-state index in [1.165, 1.54) is 6.42 Å². The molecule has 1 aliphatic rings. The highest BCUT2D eigenvalue weighted by molar-refractivity contribution is 6.29. The minimum absolute atomic E-state index is 0.427. The SMILES string of the molecule is Clc1cc(NCc2ccccn2)c2nnc(C3CCC3)n2n1. The van der Waals surface area contributed by atoms with Crippen molar-refractivity contribution >= 4 is 22.9 Å². The van der Waals surface area contributed by atoms with E-state index >= 15 is 0 Å². The Labute approximate surface area is 132 Å². The maximum Gasteiger partial charge on any atom is 0.201 e. The van der Waals surface area contributed by atoms with Gasteiger partial charge in [-0.25, -0.2) is 0 Å². The Morgan fingerprint density at radius 2 is 2.18 bits per heavy atom. The number of pyridine rings is 1. The summed E-state index contributed by atoms with van der Waals surface area (Å²) in [6, 6.07) is 7.61. The smallest absolute Gasteiger partial charge is 0.201 e. The molecule has 3 aromatic heterocycles. The average Bonchev–Trinajstić information content (AvgIpc) is 2.88. The highest BCUT2D eigenvalue weighted by Gasteiger charge is 2.26. The van der Waals surface area contributed by atoms with Crippen molar-refractivity contribution in [3.63, 3.8) is 0 Å². The van der Waals surface area contributed by atoms with Gasteiger partial charge in [0.2, 0.25) is 5.65 Å². The summed E-state index contributed by atoms with van der Waals surface area (Å²) in [6.07, 6.45) is 5.31. The number of nitrogens with one attached hydrogen (secondary N) is 1. The largest absolute Gasteiger partial charge is 0.376 e. The van der Waals surface area contributed by atoms with Crippen LogP contribution in [-0.2, 0) is 6.54 Å². The third-order valence-electron chi connectivity index (χ3n) is 4.02. The first-order chi connectivity index (χ1) is 10.8. The molecule has 112 valence electrons. The van der Waals surface area contributed by atoms with Crippen LogP contribution < -0.4 is 5.32 Å². The van der Waals surface area contributed by atoms with Crippen LogP contribution in [0.3, 0.4) is 0 Å². The van der Waals surface area contributed by atoms with Crippen molar-refractivity contribution in [2.75, 3.05) is 5.32 Å². The molecule has 1 saturated carbocycles. The van der Waals surface area contributed by atoms with E-state index in [2.05, 4.69) is 25.6 Å². The number of hydrogen-bond donors (Lipinski definition) is 1. The van der Waals surface area contributed by atoms with Crippen LogP contribution in [0, 0.1) is 0 Å². The fourth-order valence-electron chi connectivity index (χ4n) is 2.61. The summed E-state index contributed by atoms with van der Waals surface area (Å²) in [5, 5.41) is 16.7. The fraction of sp³-hybridized carbons (Fsp3) is 0.333. The average molecular weight is 315 g/mol. The van der Waals surface area contributed by atoms with Gasteiger partial charge in [0, 0.05) is 18.2 Å². The summed E-state index contributed by atoms with van der Waals surface area (Å²) in [6.45, 7) is 0.600. The molecular weight excluding hydrogens is 300 g/mol. The predicted molar refractivity (Wildman–Crippen MR) is 83.9 cm³/mol. The van der Waals surface area contributed by atoms with Crippen molar-refractivity contribution in [3.05, 3.63) is 47.1 Å². The van der Waals surface area contributed by atoms with Gasteiger partial charge >= 0.3 is 0 Å². The normalized spacial score (nSPS) is 15.0. The molecule has 0 saturated heterocycles. The van der Waals surface area contributed by atoms with Gasteiger partial charge < -0.3 is 5.32 Å². The standard InChI is InChI=1S/C15H15ClN6/c16-13-8-12(18-9-11-6-1-2-7-17-11)15-20-19-14(22(15)21-13)10-4-3-5-10/h1-2,6-8,10,18H,3-5,9H2. The number of aromatic nitrogens is 5. The van der Waals surface area contributed by atoms with Crippen molar-refractivity contribution < 1.29 is 0 Å². The molecule has 0 unspecified atom stereocenters. The molecule has 4 rings (SSSR count). The molecule has 1 aliphatic carbocycles. The Morgan fingerprint density at radius 1 is 1.27 bits per heavy atom. The van der Waals surface area contributed by atoms with Crippen molar-refractivity contribution in [1.29, 1.82) is 0 Å². The van der Waals surface area contributed by atoms with Crippen molar-refractivity contribution in [3.8, 4) is 0 Å². The molecule has 22 heavy (non-hydrogen) atoms. The van der Waals surface area contributed by atoms with Crippen LogP contribution in [0.15, 0.2) is 30.5 Å². The topological polar surface area (TPSA) is 68.0 Å². The lowest BCUT2D eigenvalue weighted by Crippen LogP contribution is -2.14. The fourth-order valence-corrected chi connectivity index (χ4v) is 2.79. The van der Waals surface area contributed by atoms with Crippen LogP contribution in [-0.4, -0.2) is 24.8 Å². The zero-order valence-corrected chi connectivity index (χ0v) is 12.7. The molecule has 0 radical (unpaired) electrons. The molecular formula is C15H15ClN6. The van der Waals surface area contributed by atoms with Gasteiger partial charge in [-0.05, 0) is 25.0 Å². The van der Waals surface area contributed by atoms with E-state index in [-0.39, 0.29) is 0 Å². The maximum absolute atomic E-state index is 6.16. The Bertz CT molecular complexity index is 796. The molecule has 0 atom stereocenters. The molecule has 3 heterocycles. The van der Waals surface area contributed by atoms with E-state index in [1.807, 2.05) is 18.2 Å². The highest BCUT2D eigenvalue weighted by atomic mass is 35.5. The molecule has 0 aromatic carbocycles. The zero-order chi connectivity index (χ0) is 14.9. The van der Waals surface area contributed by atoms with Gasteiger partial charge in [-0.2, -0.15) is 9.61 Å². The number of halogens is 1. The third kappa shape index (κ3) is 2.39. The van der Waals surface area contributed by atoms with E-state index in [1.54, 1.807) is 16.8 Å². The molecule has 6 nitrogen and oxygen atoms in total. The molecule has 7 heteroatoms. The number of hydrogen-bond acceptors (Lipinski definition) is 5. The monoisotopic (exact) mass is 314 g/mol. The van der Waals surface area contributed by atoms with E-state index in [0.29, 0.717) is 23.3 Å². The minimum atomic E-state index is 0.427. The predicted octanol–water partition coefficient (Wildman–Crippen LogP) is 3.05. The zero-order valence-electron chi connectivity index (χ0n) is 11.9. The van der Waals surface area contributed by atoms with Gasteiger partial charge in [-0.3, -0.25) is 4.98 Å². The Kier molecular flexibility index (Phi) is 3.38. The summed E-state index contributed by atoms with van der Waals surface area (Å²) >= 11 is 6.16. The molecule has 0 bridgehead atoms. The van der Waals surface area contributed by atoms with Gasteiger partial charge in [-0.1, -0.05) is 24.1 Å². The lowest BCUT2D eigenvalue weighted by molar-refractivity contribution is 0.395. The Morgan fingerprint density at radius 3 is 2.91 bits per heavy atom. The summed E-state index contributed by atoms with van der Waals surface area (Å²) in [5.74, 6) is 1.36. The summed E-state index contributed by atoms with van der Waals surface area (Å²) in [5.41, 5.74) is 2.48. The molecule has 0 amide bonds. The first-order valence-electron chi connectivity index (χ1n) is 7.37. The van der Waals surface area contributed by atoms with E-state index in [9.17, 15) is 0 Å². The molecule has 0 spiro atoms. The van der Waals surface area contributed by atoms with Crippen LogP contribution in [0.1, 0.15) is 36.7 Å². The Hall–Kier alpha value is -2.21. The van der Waals surface area contributed by atoms with E-state index in [0.717, 1.165) is 30.0 Å². The second-order valence-corrected chi connectivity index (χ2v) is 5.86. The first-order valence-corrected chi connectivity index (χ1v) is 7.75.